The Hall–Kier alpha value is -1.88. The zero-order valence-electron chi connectivity index (χ0n) is 12.9. The fraction of sp³-hybridized carbons (Fsp3) is 0.111. The molecule has 1 amide bonds. The number of amides is 1. The molecule has 0 saturated carbocycles. The van der Waals surface area contributed by atoms with Gasteiger partial charge in [-0.2, -0.15) is 0 Å². The van der Waals surface area contributed by atoms with Crippen LogP contribution in [0.5, 0.6) is 0 Å². The molecule has 0 aliphatic carbocycles. The molecular formula is C18H14Cl2N2OS. The van der Waals surface area contributed by atoms with Gasteiger partial charge in [-0.05, 0) is 35.9 Å². The Morgan fingerprint density at radius 2 is 2.00 bits per heavy atom. The van der Waals surface area contributed by atoms with Crippen LogP contribution in [0.1, 0.15) is 10.6 Å². The number of thiazole rings is 1. The van der Waals surface area contributed by atoms with Gasteiger partial charge in [-0.1, -0.05) is 41.4 Å². The molecule has 24 heavy (non-hydrogen) atoms. The number of carbonyl (C=O) groups is 1. The van der Waals surface area contributed by atoms with Gasteiger partial charge < -0.3 is 4.90 Å². The summed E-state index contributed by atoms with van der Waals surface area (Å²) in [5.41, 5.74) is 1.79. The molecule has 0 unspecified atom stereocenters. The summed E-state index contributed by atoms with van der Waals surface area (Å²) in [6, 6.07) is 13.2. The van der Waals surface area contributed by atoms with Crippen molar-refractivity contribution >= 4 is 56.7 Å². The number of carbonyl (C=O) groups excluding carboxylic acids is 1. The van der Waals surface area contributed by atoms with Gasteiger partial charge in [0.15, 0.2) is 0 Å². The van der Waals surface area contributed by atoms with E-state index >= 15 is 0 Å². The zero-order valence-corrected chi connectivity index (χ0v) is 15.2. The third-order valence-corrected chi connectivity index (χ3v) is 5.21. The normalized spacial score (nSPS) is 11.3. The third-order valence-electron chi connectivity index (χ3n) is 3.45. The number of rotatable bonds is 4. The third kappa shape index (κ3) is 3.96. The molecule has 0 saturated heterocycles. The van der Waals surface area contributed by atoms with Crippen LogP contribution in [0.4, 0.5) is 0 Å². The van der Waals surface area contributed by atoms with Crippen molar-refractivity contribution in [3.8, 4) is 0 Å². The zero-order chi connectivity index (χ0) is 17.1. The van der Waals surface area contributed by atoms with Gasteiger partial charge in [0.1, 0.15) is 5.01 Å². The second kappa shape index (κ2) is 7.34. The Morgan fingerprint density at radius 1 is 1.21 bits per heavy atom. The summed E-state index contributed by atoms with van der Waals surface area (Å²) in [5, 5.41) is 1.87. The van der Waals surface area contributed by atoms with E-state index in [0.29, 0.717) is 16.6 Å². The Morgan fingerprint density at radius 3 is 2.75 bits per heavy atom. The lowest BCUT2D eigenvalue weighted by atomic mass is 10.2. The van der Waals surface area contributed by atoms with Crippen molar-refractivity contribution in [2.45, 2.75) is 6.54 Å². The number of hydrogen-bond acceptors (Lipinski definition) is 3. The maximum absolute atomic E-state index is 12.2. The Bertz CT molecular complexity index is 887. The molecule has 0 aliphatic rings. The Labute approximate surface area is 154 Å². The lowest BCUT2D eigenvalue weighted by molar-refractivity contribution is -0.125. The number of aromatic nitrogens is 1. The van der Waals surface area contributed by atoms with Crippen molar-refractivity contribution in [3.05, 3.63) is 69.2 Å². The topological polar surface area (TPSA) is 33.2 Å². The van der Waals surface area contributed by atoms with E-state index in [9.17, 15) is 4.79 Å². The highest BCUT2D eigenvalue weighted by atomic mass is 35.5. The predicted molar refractivity (Wildman–Crippen MR) is 102 cm³/mol. The number of hydrogen-bond donors (Lipinski definition) is 0. The van der Waals surface area contributed by atoms with E-state index < -0.39 is 0 Å². The Balaban J connectivity index is 1.67. The van der Waals surface area contributed by atoms with Gasteiger partial charge in [-0.15, -0.1) is 11.3 Å². The van der Waals surface area contributed by atoms with Crippen molar-refractivity contribution < 1.29 is 4.79 Å². The molecule has 0 atom stereocenters. The van der Waals surface area contributed by atoms with Gasteiger partial charge in [0.05, 0.1) is 26.8 Å². The number of para-hydroxylation sites is 1. The smallest absolute Gasteiger partial charge is 0.246 e. The molecule has 3 rings (SSSR count). The van der Waals surface area contributed by atoms with Crippen molar-refractivity contribution in [2.75, 3.05) is 7.05 Å². The van der Waals surface area contributed by atoms with E-state index in [1.165, 1.54) is 6.08 Å². The first kappa shape index (κ1) is 17.0. The standard InChI is InChI=1S/C18H14Cl2N2OS/c1-22(11-17-21-15-4-2-3-5-16(15)24-17)18(23)9-7-12-6-8-13(19)14(20)10-12/h2-10H,11H2,1H3/b9-7+. The van der Waals surface area contributed by atoms with E-state index in [4.69, 9.17) is 23.2 Å². The van der Waals surface area contributed by atoms with Crippen LogP contribution in [0.2, 0.25) is 10.0 Å². The van der Waals surface area contributed by atoms with E-state index in [1.54, 1.807) is 41.5 Å². The molecule has 1 heterocycles. The maximum atomic E-state index is 12.2. The molecule has 0 radical (unpaired) electrons. The summed E-state index contributed by atoms with van der Waals surface area (Å²) in [6.07, 6.45) is 3.24. The molecule has 3 nitrogen and oxygen atoms in total. The van der Waals surface area contributed by atoms with Crippen LogP contribution in [0.3, 0.4) is 0 Å². The molecule has 0 aliphatic heterocycles. The molecule has 1 aromatic heterocycles. The number of likely N-dealkylation sites (N-methyl/N-ethyl adjacent to an activating group) is 1. The first-order chi connectivity index (χ1) is 11.5. The molecule has 122 valence electrons. The fourth-order valence-corrected chi connectivity index (χ4v) is 3.51. The van der Waals surface area contributed by atoms with Crippen LogP contribution in [0.15, 0.2) is 48.5 Å². The van der Waals surface area contributed by atoms with Gasteiger partial charge in [-0.3, -0.25) is 4.79 Å². The van der Waals surface area contributed by atoms with Gasteiger partial charge in [0, 0.05) is 13.1 Å². The quantitative estimate of drug-likeness (QED) is 0.580. The Kier molecular flexibility index (Phi) is 5.19. The van der Waals surface area contributed by atoms with Gasteiger partial charge in [0.2, 0.25) is 5.91 Å². The molecule has 6 heteroatoms. The lowest BCUT2D eigenvalue weighted by Gasteiger charge is -2.12. The SMILES string of the molecule is CN(Cc1nc2ccccc2s1)C(=O)/C=C/c1ccc(Cl)c(Cl)c1. The highest BCUT2D eigenvalue weighted by Crippen LogP contribution is 2.24. The van der Waals surface area contributed by atoms with Gasteiger partial charge >= 0.3 is 0 Å². The fourth-order valence-electron chi connectivity index (χ4n) is 2.18. The lowest BCUT2D eigenvalue weighted by Crippen LogP contribution is -2.23. The van der Waals surface area contributed by atoms with Crippen molar-refractivity contribution in [2.24, 2.45) is 0 Å². The molecule has 2 aromatic carbocycles. The van der Waals surface area contributed by atoms with Gasteiger partial charge in [-0.25, -0.2) is 4.98 Å². The summed E-state index contributed by atoms with van der Waals surface area (Å²) >= 11 is 13.5. The van der Waals surface area contributed by atoms with Crippen molar-refractivity contribution in [1.82, 2.24) is 9.88 Å². The van der Waals surface area contributed by atoms with Crippen molar-refractivity contribution in [1.29, 1.82) is 0 Å². The number of fused-ring (bicyclic) bond motifs is 1. The first-order valence-corrected chi connectivity index (χ1v) is 8.83. The summed E-state index contributed by atoms with van der Waals surface area (Å²) in [7, 11) is 1.76. The summed E-state index contributed by atoms with van der Waals surface area (Å²) in [5.74, 6) is -0.0969. The molecule has 0 bridgehead atoms. The second-order valence-corrected chi connectivity index (χ2v) is 7.21. The highest BCUT2D eigenvalue weighted by Gasteiger charge is 2.10. The summed E-state index contributed by atoms with van der Waals surface area (Å²) in [6.45, 7) is 0.476. The first-order valence-electron chi connectivity index (χ1n) is 7.25. The average Bonchev–Trinajstić information content (AvgIpc) is 2.97. The van der Waals surface area contributed by atoms with Crippen LogP contribution in [-0.2, 0) is 11.3 Å². The molecule has 0 fully saturated rings. The molecule has 0 spiro atoms. The predicted octanol–water partition coefficient (Wildman–Crippen LogP) is 5.27. The van der Waals surface area contributed by atoms with E-state index in [0.717, 1.165) is 20.8 Å². The number of nitrogens with zero attached hydrogens (tertiary/aromatic N) is 2. The second-order valence-electron chi connectivity index (χ2n) is 5.28. The minimum atomic E-state index is -0.0969. The minimum absolute atomic E-state index is 0.0969. The van der Waals surface area contributed by atoms with Crippen LogP contribution >= 0.6 is 34.5 Å². The number of benzene rings is 2. The average molecular weight is 377 g/mol. The highest BCUT2D eigenvalue weighted by molar-refractivity contribution is 7.18. The van der Waals surface area contributed by atoms with E-state index in [2.05, 4.69) is 4.98 Å². The molecule has 3 aromatic rings. The minimum Gasteiger partial charge on any atom is -0.335 e. The monoisotopic (exact) mass is 376 g/mol. The molecule has 0 N–H and O–H groups in total. The van der Waals surface area contributed by atoms with Gasteiger partial charge in [0.25, 0.3) is 0 Å². The number of halogens is 2. The molecular weight excluding hydrogens is 363 g/mol. The van der Waals surface area contributed by atoms with Crippen LogP contribution in [-0.4, -0.2) is 22.8 Å². The van der Waals surface area contributed by atoms with E-state index in [-0.39, 0.29) is 5.91 Å². The van der Waals surface area contributed by atoms with Crippen molar-refractivity contribution in [3.63, 3.8) is 0 Å². The van der Waals surface area contributed by atoms with E-state index in [1.807, 2.05) is 30.3 Å². The summed E-state index contributed by atoms with van der Waals surface area (Å²) < 4.78 is 1.12. The largest absolute Gasteiger partial charge is 0.335 e. The van der Waals surface area contributed by atoms with Crippen LogP contribution in [0.25, 0.3) is 16.3 Å². The summed E-state index contributed by atoms with van der Waals surface area (Å²) in [4.78, 5) is 18.4. The maximum Gasteiger partial charge on any atom is 0.246 e. The van der Waals surface area contributed by atoms with Crippen LogP contribution < -0.4 is 0 Å². The van der Waals surface area contributed by atoms with Crippen LogP contribution in [0, 0.1) is 0 Å².